The molecular formula is C32H40F2N6O7S. The lowest BCUT2D eigenvalue weighted by molar-refractivity contribution is 0.102. The number of sulfonamides is 1. The van der Waals surface area contributed by atoms with Gasteiger partial charge in [-0.15, -0.1) is 5.10 Å². The number of likely N-dealkylation sites (tertiary alicyclic amines) is 1. The molecule has 3 heterocycles. The van der Waals surface area contributed by atoms with Crippen molar-refractivity contribution in [1.29, 1.82) is 0 Å². The Bertz CT molecular complexity index is 1730. The van der Waals surface area contributed by atoms with Crippen LogP contribution in [0.25, 0.3) is 0 Å². The van der Waals surface area contributed by atoms with Gasteiger partial charge in [-0.2, -0.15) is 8.99 Å². The van der Waals surface area contributed by atoms with Crippen molar-refractivity contribution in [3.05, 3.63) is 64.9 Å². The minimum absolute atomic E-state index is 0.0127. The highest BCUT2D eigenvalue weighted by atomic mass is 32.2. The Hall–Kier alpha value is -4.12. The number of benzene rings is 2. The fraction of sp³-hybridized carbons (Fsp3) is 0.469. The Morgan fingerprint density at radius 1 is 1.06 bits per heavy atom. The fourth-order valence-electron chi connectivity index (χ4n) is 5.82. The van der Waals surface area contributed by atoms with Crippen LogP contribution >= 0.6 is 0 Å². The number of hydrogen-bond acceptors (Lipinski definition) is 10. The summed E-state index contributed by atoms with van der Waals surface area (Å²) in [5.74, 6) is -2.16. The number of anilines is 2. The standard InChI is InChI=1S/C32H40F2N6O7S/c1-4-46-32(42)40-29-9-12-39(48(43,44)25-16-22(33)15-23(34)17-25)19-27(29)30(37-40)36-31(41)26-8-7-24(18-28(26)35-21(2)20-45-3)47-14-13-38-10-5-6-11-38/h7-8,15-18,21,35H,4-6,9-14,19-20H2,1-3H3,(H,36,37,41)/t21-/m1/s1. The molecule has 16 heteroatoms. The maximum Gasteiger partial charge on any atom is 0.434 e. The third-order valence-electron chi connectivity index (χ3n) is 8.10. The molecule has 0 spiro atoms. The van der Waals surface area contributed by atoms with Crippen LogP contribution in [-0.4, -0.2) is 98.6 Å². The molecule has 2 aliphatic heterocycles. The van der Waals surface area contributed by atoms with Gasteiger partial charge < -0.3 is 24.8 Å². The molecule has 2 N–H and O–H groups in total. The zero-order valence-electron chi connectivity index (χ0n) is 27.1. The number of nitrogens with one attached hydrogen (secondary N) is 2. The van der Waals surface area contributed by atoms with Crippen LogP contribution in [0.5, 0.6) is 5.75 Å². The molecule has 3 aromatic rings. The Kier molecular flexibility index (Phi) is 11.3. The number of carbonyl (C=O) groups is 2. The lowest BCUT2D eigenvalue weighted by Gasteiger charge is -2.27. The molecule has 2 aromatic carbocycles. The molecule has 0 bridgehead atoms. The first-order valence-corrected chi connectivity index (χ1v) is 17.2. The maximum atomic E-state index is 13.9. The van der Waals surface area contributed by atoms with E-state index in [1.165, 1.54) is 12.8 Å². The van der Waals surface area contributed by atoms with Crippen molar-refractivity contribution in [3.8, 4) is 5.75 Å². The number of carbonyl (C=O) groups excluding carboxylic acids is 2. The zero-order chi connectivity index (χ0) is 34.4. The second-order valence-corrected chi connectivity index (χ2v) is 13.6. The van der Waals surface area contributed by atoms with E-state index < -0.39 is 38.6 Å². The van der Waals surface area contributed by atoms with Crippen LogP contribution in [-0.2, 0) is 32.5 Å². The third-order valence-corrected chi connectivity index (χ3v) is 9.92. The van der Waals surface area contributed by atoms with Crippen molar-refractivity contribution >= 4 is 33.5 Å². The van der Waals surface area contributed by atoms with Gasteiger partial charge in [0.05, 0.1) is 35.1 Å². The predicted octanol–water partition coefficient (Wildman–Crippen LogP) is 4.09. The molecule has 1 amide bonds. The van der Waals surface area contributed by atoms with Crippen LogP contribution in [0.3, 0.4) is 0 Å². The third kappa shape index (κ3) is 8.11. The number of methoxy groups -OCH3 is 1. The average Bonchev–Trinajstić information content (AvgIpc) is 3.69. The lowest BCUT2D eigenvalue weighted by atomic mass is 10.1. The molecule has 1 aromatic heterocycles. The van der Waals surface area contributed by atoms with Crippen LogP contribution in [0.15, 0.2) is 41.3 Å². The highest BCUT2D eigenvalue weighted by molar-refractivity contribution is 7.89. The number of aromatic nitrogens is 2. The molecule has 5 rings (SSSR count). The first kappa shape index (κ1) is 35.2. The van der Waals surface area contributed by atoms with Crippen molar-refractivity contribution in [2.75, 3.05) is 63.7 Å². The van der Waals surface area contributed by atoms with Crippen LogP contribution < -0.4 is 15.4 Å². The van der Waals surface area contributed by atoms with Crippen molar-refractivity contribution in [3.63, 3.8) is 0 Å². The molecular weight excluding hydrogens is 650 g/mol. The van der Waals surface area contributed by atoms with Crippen molar-refractivity contribution < 1.29 is 41.0 Å². The predicted molar refractivity (Wildman–Crippen MR) is 173 cm³/mol. The SMILES string of the molecule is CCOC(=O)n1nc(NC(=O)c2ccc(OCCN3CCCC3)cc2N[C@H](C)COC)c2c1CCN(S(=O)(=O)c1cc(F)cc(F)c1)C2. The molecule has 0 radical (unpaired) electrons. The number of fused-ring (bicyclic) bond motifs is 1. The van der Waals surface area contributed by atoms with Gasteiger partial charge in [-0.1, -0.05) is 0 Å². The van der Waals surface area contributed by atoms with E-state index in [9.17, 15) is 26.8 Å². The van der Waals surface area contributed by atoms with Gasteiger partial charge in [0.2, 0.25) is 10.0 Å². The number of rotatable bonds is 13. The van der Waals surface area contributed by atoms with Gasteiger partial charge in [0.15, 0.2) is 5.82 Å². The van der Waals surface area contributed by atoms with Gasteiger partial charge in [0.1, 0.15) is 24.0 Å². The van der Waals surface area contributed by atoms with Crippen molar-refractivity contribution in [1.82, 2.24) is 19.0 Å². The van der Waals surface area contributed by atoms with E-state index in [1.54, 1.807) is 32.2 Å². The van der Waals surface area contributed by atoms with Crippen LogP contribution in [0.2, 0.25) is 0 Å². The summed E-state index contributed by atoms with van der Waals surface area (Å²) in [7, 11) is -2.79. The minimum atomic E-state index is -4.36. The minimum Gasteiger partial charge on any atom is -0.492 e. The van der Waals surface area contributed by atoms with Crippen LogP contribution in [0.4, 0.5) is 25.1 Å². The summed E-state index contributed by atoms with van der Waals surface area (Å²) in [5, 5.41) is 10.3. The Morgan fingerprint density at radius 3 is 2.48 bits per heavy atom. The van der Waals surface area contributed by atoms with E-state index in [4.69, 9.17) is 14.2 Å². The summed E-state index contributed by atoms with van der Waals surface area (Å²) < 4.78 is 73.2. The molecule has 0 aliphatic carbocycles. The van der Waals surface area contributed by atoms with E-state index in [2.05, 4.69) is 20.6 Å². The molecule has 260 valence electrons. The summed E-state index contributed by atoms with van der Waals surface area (Å²) in [6.07, 6.45) is 1.57. The lowest BCUT2D eigenvalue weighted by Crippen LogP contribution is -2.37. The molecule has 1 saturated heterocycles. The largest absolute Gasteiger partial charge is 0.492 e. The highest BCUT2D eigenvalue weighted by Crippen LogP contribution is 2.32. The monoisotopic (exact) mass is 690 g/mol. The fourth-order valence-corrected chi connectivity index (χ4v) is 7.28. The molecule has 2 aliphatic rings. The molecule has 0 unspecified atom stereocenters. The molecule has 48 heavy (non-hydrogen) atoms. The number of hydrogen-bond donors (Lipinski definition) is 2. The molecule has 13 nitrogen and oxygen atoms in total. The molecule has 1 fully saturated rings. The number of halogens is 2. The zero-order valence-corrected chi connectivity index (χ0v) is 27.9. The quantitative estimate of drug-likeness (QED) is 0.269. The van der Waals surface area contributed by atoms with Gasteiger partial charge >= 0.3 is 6.09 Å². The number of amides is 1. The normalized spacial score (nSPS) is 15.9. The topological polar surface area (TPSA) is 144 Å². The van der Waals surface area contributed by atoms with E-state index in [0.29, 0.717) is 36.4 Å². The van der Waals surface area contributed by atoms with Crippen LogP contribution in [0, 0.1) is 11.6 Å². The first-order valence-electron chi connectivity index (χ1n) is 15.8. The Labute approximate surface area is 278 Å². The maximum absolute atomic E-state index is 13.9. The van der Waals surface area contributed by atoms with Gasteiger partial charge in [-0.05, 0) is 64.0 Å². The summed E-state index contributed by atoms with van der Waals surface area (Å²) in [4.78, 5) is 28.4. The highest BCUT2D eigenvalue weighted by Gasteiger charge is 2.35. The van der Waals surface area contributed by atoms with Gasteiger partial charge in [-0.3, -0.25) is 9.69 Å². The van der Waals surface area contributed by atoms with E-state index in [0.717, 1.165) is 40.8 Å². The summed E-state index contributed by atoms with van der Waals surface area (Å²) in [6.45, 7) is 6.86. The number of nitrogens with zero attached hydrogens (tertiary/aromatic N) is 4. The Morgan fingerprint density at radius 2 is 1.79 bits per heavy atom. The van der Waals surface area contributed by atoms with E-state index in [1.807, 2.05) is 6.92 Å². The van der Waals surface area contributed by atoms with Crippen molar-refractivity contribution in [2.24, 2.45) is 0 Å². The molecule has 1 atom stereocenters. The molecule has 0 saturated carbocycles. The van der Waals surface area contributed by atoms with Gasteiger partial charge in [0.25, 0.3) is 5.91 Å². The van der Waals surface area contributed by atoms with Crippen LogP contribution in [0.1, 0.15) is 48.3 Å². The van der Waals surface area contributed by atoms with Gasteiger partial charge in [-0.25, -0.2) is 22.0 Å². The van der Waals surface area contributed by atoms with E-state index in [-0.39, 0.29) is 49.1 Å². The summed E-state index contributed by atoms with van der Waals surface area (Å²) in [6, 6.07) is 6.88. The van der Waals surface area contributed by atoms with Gasteiger partial charge in [0, 0.05) is 56.9 Å². The second-order valence-electron chi connectivity index (χ2n) is 11.6. The Balaban J connectivity index is 1.43. The second kappa shape index (κ2) is 15.4. The average molecular weight is 691 g/mol. The number of ether oxygens (including phenoxy) is 3. The van der Waals surface area contributed by atoms with E-state index >= 15 is 0 Å². The first-order chi connectivity index (χ1) is 23.0. The smallest absolute Gasteiger partial charge is 0.434 e. The summed E-state index contributed by atoms with van der Waals surface area (Å²) in [5.41, 5.74) is 1.29. The summed E-state index contributed by atoms with van der Waals surface area (Å²) >= 11 is 0. The van der Waals surface area contributed by atoms with Crippen molar-refractivity contribution in [2.45, 2.75) is 50.6 Å².